The van der Waals surface area contributed by atoms with Gasteiger partial charge in [0, 0.05) is 19.0 Å². The van der Waals surface area contributed by atoms with Gasteiger partial charge in [0.25, 0.3) is 0 Å². The molecule has 90 valence electrons. The third-order valence-corrected chi connectivity index (χ3v) is 2.63. The molecule has 0 rings (SSSR count). The van der Waals surface area contributed by atoms with Gasteiger partial charge >= 0.3 is 0 Å². The molecule has 0 fully saturated rings. The fourth-order valence-corrected chi connectivity index (χ4v) is 1.71. The number of unbranched alkanes of at least 4 members (excludes halogenated alkanes) is 1. The first-order valence-electron chi connectivity index (χ1n) is 5.66. The van der Waals surface area contributed by atoms with Crippen LogP contribution in [0.2, 0.25) is 0 Å². The Bertz CT molecular complexity index is 163. The van der Waals surface area contributed by atoms with Crippen LogP contribution < -0.4 is 10.6 Å². The Morgan fingerprint density at radius 2 is 2.00 bits per heavy atom. The molecular formula is C11H24N2OS. The highest BCUT2D eigenvalue weighted by molar-refractivity contribution is 7.98. The molecular weight excluding hydrogens is 208 g/mol. The summed E-state index contributed by atoms with van der Waals surface area (Å²) in [5.74, 6) is 1.37. The van der Waals surface area contributed by atoms with Gasteiger partial charge in [-0.05, 0) is 45.2 Å². The average Bonchev–Trinajstić information content (AvgIpc) is 2.15. The van der Waals surface area contributed by atoms with Crippen LogP contribution in [0.15, 0.2) is 0 Å². The van der Waals surface area contributed by atoms with E-state index >= 15 is 0 Å². The van der Waals surface area contributed by atoms with E-state index in [0.717, 1.165) is 13.1 Å². The molecule has 0 atom stereocenters. The molecule has 1 amide bonds. The zero-order valence-electron chi connectivity index (χ0n) is 10.1. The maximum Gasteiger partial charge on any atom is 0.221 e. The molecule has 0 aromatic heterocycles. The highest BCUT2D eigenvalue weighted by Crippen LogP contribution is 1.97. The zero-order chi connectivity index (χ0) is 11.5. The van der Waals surface area contributed by atoms with Crippen LogP contribution in [0.25, 0.3) is 0 Å². The van der Waals surface area contributed by atoms with Crippen LogP contribution in [0, 0.1) is 0 Å². The summed E-state index contributed by atoms with van der Waals surface area (Å²) in [6.45, 7) is 5.77. The molecule has 0 aromatic rings. The molecule has 0 spiro atoms. The average molecular weight is 232 g/mol. The summed E-state index contributed by atoms with van der Waals surface area (Å²) >= 11 is 1.89. The van der Waals surface area contributed by atoms with Crippen LogP contribution >= 0.6 is 11.8 Å². The minimum absolute atomic E-state index is 0.140. The van der Waals surface area contributed by atoms with Gasteiger partial charge in [0.15, 0.2) is 0 Å². The van der Waals surface area contributed by atoms with Crippen molar-refractivity contribution in [1.29, 1.82) is 0 Å². The number of hydrogen-bond acceptors (Lipinski definition) is 3. The highest BCUT2D eigenvalue weighted by atomic mass is 32.2. The van der Waals surface area contributed by atoms with Gasteiger partial charge in [-0.25, -0.2) is 0 Å². The van der Waals surface area contributed by atoms with Gasteiger partial charge in [0.05, 0.1) is 0 Å². The minimum Gasteiger partial charge on any atom is -0.354 e. The smallest absolute Gasteiger partial charge is 0.221 e. The number of carbonyl (C=O) groups is 1. The Hall–Kier alpha value is -0.220. The van der Waals surface area contributed by atoms with E-state index in [4.69, 9.17) is 0 Å². The summed E-state index contributed by atoms with van der Waals surface area (Å²) in [6, 6.07) is 0.249. The van der Waals surface area contributed by atoms with E-state index in [9.17, 15) is 4.79 Å². The summed E-state index contributed by atoms with van der Waals surface area (Å²) in [5, 5.41) is 6.15. The lowest BCUT2D eigenvalue weighted by Crippen LogP contribution is -2.32. The van der Waals surface area contributed by atoms with E-state index in [1.165, 1.54) is 18.6 Å². The molecule has 15 heavy (non-hydrogen) atoms. The molecule has 0 unspecified atom stereocenters. The Kier molecular flexibility index (Phi) is 10.2. The Morgan fingerprint density at radius 1 is 1.27 bits per heavy atom. The molecule has 3 nitrogen and oxygen atoms in total. The molecule has 0 aliphatic rings. The Labute approximate surface area is 97.8 Å². The van der Waals surface area contributed by atoms with E-state index in [-0.39, 0.29) is 11.9 Å². The largest absolute Gasteiger partial charge is 0.354 e. The summed E-state index contributed by atoms with van der Waals surface area (Å²) < 4.78 is 0. The summed E-state index contributed by atoms with van der Waals surface area (Å²) in [7, 11) is 0. The maximum absolute atomic E-state index is 11.2. The molecule has 0 aliphatic heterocycles. The van der Waals surface area contributed by atoms with Gasteiger partial charge in [-0.15, -0.1) is 0 Å². The van der Waals surface area contributed by atoms with Gasteiger partial charge in [0.1, 0.15) is 0 Å². The third kappa shape index (κ3) is 11.7. The van der Waals surface area contributed by atoms with Gasteiger partial charge in [-0.2, -0.15) is 11.8 Å². The lowest BCUT2D eigenvalue weighted by molar-refractivity contribution is -0.121. The predicted molar refractivity (Wildman–Crippen MR) is 68.4 cm³/mol. The van der Waals surface area contributed by atoms with E-state index in [1.807, 2.05) is 25.6 Å². The quantitative estimate of drug-likeness (QED) is 0.594. The van der Waals surface area contributed by atoms with Crippen molar-refractivity contribution in [3.8, 4) is 0 Å². The van der Waals surface area contributed by atoms with Crippen LogP contribution in [-0.4, -0.2) is 37.0 Å². The van der Waals surface area contributed by atoms with Crippen molar-refractivity contribution in [2.45, 2.75) is 39.2 Å². The number of rotatable bonds is 9. The molecule has 0 saturated carbocycles. The number of nitrogens with one attached hydrogen (secondary N) is 2. The molecule has 0 bridgehead atoms. The first-order valence-corrected chi connectivity index (χ1v) is 7.05. The third-order valence-electron chi connectivity index (χ3n) is 1.93. The second-order valence-electron chi connectivity index (χ2n) is 3.92. The molecule has 2 N–H and O–H groups in total. The fraction of sp³-hybridized carbons (Fsp3) is 0.909. The lowest BCUT2D eigenvalue weighted by atomic mass is 10.3. The monoisotopic (exact) mass is 232 g/mol. The summed E-state index contributed by atoms with van der Waals surface area (Å²) in [4.78, 5) is 11.2. The lowest BCUT2D eigenvalue weighted by Gasteiger charge is -2.08. The Morgan fingerprint density at radius 3 is 2.60 bits per heavy atom. The van der Waals surface area contributed by atoms with Gasteiger partial charge in [-0.3, -0.25) is 4.79 Å². The topological polar surface area (TPSA) is 41.1 Å². The van der Waals surface area contributed by atoms with Crippen molar-refractivity contribution >= 4 is 17.7 Å². The molecule has 0 saturated heterocycles. The predicted octanol–water partition coefficient (Wildman–Crippen LogP) is 1.63. The molecule has 0 aliphatic carbocycles. The van der Waals surface area contributed by atoms with E-state index in [0.29, 0.717) is 6.42 Å². The van der Waals surface area contributed by atoms with Crippen LogP contribution in [-0.2, 0) is 4.79 Å². The molecule has 0 heterocycles. The SMILES string of the molecule is CSCCCCNCCC(=O)NC(C)C. The van der Waals surface area contributed by atoms with Crippen molar-refractivity contribution in [3.05, 3.63) is 0 Å². The van der Waals surface area contributed by atoms with Crippen LogP contribution in [0.5, 0.6) is 0 Å². The van der Waals surface area contributed by atoms with Crippen molar-refractivity contribution < 1.29 is 4.79 Å². The zero-order valence-corrected chi connectivity index (χ0v) is 11.0. The minimum atomic E-state index is 0.140. The van der Waals surface area contributed by atoms with Crippen molar-refractivity contribution in [2.75, 3.05) is 25.1 Å². The second-order valence-corrected chi connectivity index (χ2v) is 4.91. The van der Waals surface area contributed by atoms with Crippen molar-refractivity contribution in [3.63, 3.8) is 0 Å². The number of thioether (sulfide) groups is 1. The van der Waals surface area contributed by atoms with Crippen LogP contribution in [0.1, 0.15) is 33.1 Å². The highest BCUT2D eigenvalue weighted by Gasteiger charge is 2.01. The molecule has 0 radical (unpaired) electrons. The standard InChI is InChI=1S/C11H24N2OS/c1-10(2)13-11(14)6-8-12-7-4-5-9-15-3/h10,12H,4-9H2,1-3H3,(H,13,14). The first-order chi connectivity index (χ1) is 7.16. The van der Waals surface area contributed by atoms with Gasteiger partial charge in [-0.1, -0.05) is 0 Å². The summed E-state index contributed by atoms with van der Waals surface area (Å²) in [6.07, 6.45) is 5.17. The molecule has 0 aromatic carbocycles. The molecule has 4 heteroatoms. The number of amides is 1. The van der Waals surface area contributed by atoms with Gasteiger partial charge in [0.2, 0.25) is 5.91 Å². The fourth-order valence-electron chi connectivity index (χ4n) is 1.22. The van der Waals surface area contributed by atoms with Crippen molar-refractivity contribution in [1.82, 2.24) is 10.6 Å². The van der Waals surface area contributed by atoms with Gasteiger partial charge < -0.3 is 10.6 Å². The van der Waals surface area contributed by atoms with E-state index in [1.54, 1.807) is 0 Å². The first kappa shape index (κ1) is 14.8. The van der Waals surface area contributed by atoms with Crippen LogP contribution in [0.4, 0.5) is 0 Å². The summed E-state index contributed by atoms with van der Waals surface area (Å²) in [5.41, 5.74) is 0. The van der Waals surface area contributed by atoms with Crippen LogP contribution in [0.3, 0.4) is 0 Å². The normalized spacial score (nSPS) is 10.7. The second kappa shape index (κ2) is 10.3. The maximum atomic E-state index is 11.2. The van der Waals surface area contributed by atoms with Crippen molar-refractivity contribution in [2.24, 2.45) is 0 Å². The van der Waals surface area contributed by atoms with E-state index < -0.39 is 0 Å². The number of carbonyl (C=O) groups excluding carboxylic acids is 1. The van der Waals surface area contributed by atoms with E-state index in [2.05, 4.69) is 16.9 Å². The number of hydrogen-bond donors (Lipinski definition) is 2. The Balaban J connectivity index is 3.13.